The second-order valence-electron chi connectivity index (χ2n) is 4.29. The second-order valence-corrected chi connectivity index (χ2v) is 4.29. The summed E-state index contributed by atoms with van der Waals surface area (Å²) in [6.45, 7) is 5.37. The molecule has 0 radical (unpaired) electrons. The first-order valence-corrected chi connectivity index (χ1v) is 5.34. The molecule has 0 saturated carbocycles. The van der Waals surface area contributed by atoms with Gasteiger partial charge in [-0.15, -0.1) is 0 Å². The van der Waals surface area contributed by atoms with Gasteiger partial charge in [-0.05, 0) is 19.8 Å². The van der Waals surface area contributed by atoms with Crippen molar-refractivity contribution in [2.75, 3.05) is 13.2 Å². The summed E-state index contributed by atoms with van der Waals surface area (Å²) in [6, 6.07) is 0. The summed E-state index contributed by atoms with van der Waals surface area (Å²) in [5, 5.41) is 3.94. The highest BCUT2D eigenvalue weighted by Gasteiger charge is 2.29. The molecule has 2 heterocycles. The average molecular weight is 211 g/mol. The Balaban J connectivity index is 2.16. The molecule has 84 valence electrons. The maximum Gasteiger partial charge on any atom is 0.232 e. The number of rotatable bonds is 3. The molecule has 2 rings (SSSR count). The van der Waals surface area contributed by atoms with Crippen molar-refractivity contribution >= 4 is 0 Å². The Morgan fingerprint density at radius 3 is 3.00 bits per heavy atom. The van der Waals surface area contributed by atoms with E-state index in [1.54, 1.807) is 0 Å². The summed E-state index contributed by atoms with van der Waals surface area (Å²) in [6.07, 6.45) is 1.74. The summed E-state index contributed by atoms with van der Waals surface area (Å²) < 4.78 is 10.5. The number of nitrogens with two attached hydrogens (primary N) is 1. The van der Waals surface area contributed by atoms with Crippen molar-refractivity contribution in [3.05, 3.63) is 11.7 Å². The van der Waals surface area contributed by atoms with Crippen molar-refractivity contribution < 1.29 is 9.26 Å². The lowest BCUT2D eigenvalue weighted by Crippen LogP contribution is -2.33. The first-order chi connectivity index (χ1) is 7.13. The highest BCUT2D eigenvalue weighted by Crippen LogP contribution is 2.26. The fourth-order valence-corrected chi connectivity index (χ4v) is 1.52. The molecule has 5 nitrogen and oxygen atoms in total. The lowest BCUT2D eigenvalue weighted by molar-refractivity contribution is 0.189. The summed E-state index contributed by atoms with van der Waals surface area (Å²) >= 11 is 0. The van der Waals surface area contributed by atoms with Crippen LogP contribution in [0.25, 0.3) is 0 Å². The van der Waals surface area contributed by atoms with E-state index in [0.717, 1.165) is 19.4 Å². The molecular weight excluding hydrogens is 194 g/mol. The topological polar surface area (TPSA) is 74.2 Å². The summed E-state index contributed by atoms with van der Waals surface area (Å²) in [5.74, 6) is 1.50. The molecule has 1 fully saturated rings. The zero-order valence-corrected chi connectivity index (χ0v) is 9.19. The van der Waals surface area contributed by atoms with Crippen molar-refractivity contribution in [1.82, 2.24) is 10.1 Å². The van der Waals surface area contributed by atoms with Gasteiger partial charge in [-0.2, -0.15) is 4.98 Å². The van der Waals surface area contributed by atoms with Crippen molar-refractivity contribution in [3.63, 3.8) is 0 Å². The van der Waals surface area contributed by atoms with E-state index in [-0.39, 0.29) is 5.92 Å². The molecule has 0 bridgehead atoms. The summed E-state index contributed by atoms with van der Waals surface area (Å²) in [4.78, 5) is 4.35. The summed E-state index contributed by atoms with van der Waals surface area (Å²) in [5.41, 5.74) is 5.53. The first kappa shape index (κ1) is 10.6. The fraction of sp³-hybridized carbons (Fsp3) is 0.800. The molecule has 2 N–H and O–H groups in total. The van der Waals surface area contributed by atoms with Gasteiger partial charge in [0.25, 0.3) is 0 Å². The van der Waals surface area contributed by atoms with Crippen LogP contribution in [0.1, 0.15) is 44.3 Å². The Hall–Kier alpha value is -0.940. The molecule has 1 saturated heterocycles. The molecule has 0 aliphatic carbocycles. The molecule has 1 aromatic heterocycles. The zero-order valence-electron chi connectivity index (χ0n) is 9.19. The normalized spacial score (nSPS) is 25.4. The molecule has 1 aliphatic rings. The van der Waals surface area contributed by atoms with E-state index in [1.807, 2.05) is 13.8 Å². The lowest BCUT2D eigenvalue weighted by Gasteiger charge is -2.16. The molecule has 15 heavy (non-hydrogen) atoms. The van der Waals surface area contributed by atoms with Crippen LogP contribution in [0.4, 0.5) is 0 Å². The van der Waals surface area contributed by atoms with Crippen LogP contribution >= 0.6 is 0 Å². The molecule has 2 atom stereocenters. The Labute approximate surface area is 89.0 Å². The van der Waals surface area contributed by atoms with Crippen molar-refractivity contribution in [1.29, 1.82) is 0 Å². The highest BCUT2D eigenvalue weighted by molar-refractivity contribution is 5.04. The fourth-order valence-electron chi connectivity index (χ4n) is 1.52. The first-order valence-electron chi connectivity index (χ1n) is 5.34. The van der Waals surface area contributed by atoms with Gasteiger partial charge in [-0.1, -0.05) is 12.1 Å². The van der Waals surface area contributed by atoms with E-state index < -0.39 is 5.54 Å². The molecule has 1 aliphatic heterocycles. The standard InChI is InChI=1S/C10H17N3O2/c1-3-10(2,11)9-12-8(15-13-9)7-4-5-14-6-7/h7H,3-6,11H2,1-2H3. The van der Waals surface area contributed by atoms with Gasteiger partial charge < -0.3 is 15.0 Å². The van der Waals surface area contributed by atoms with E-state index >= 15 is 0 Å². The van der Waals surface area contributed by atoms with Crippen molar-refractivity contribution in [2.24, 2.45) is 5.73 Å². The van der Waals surface area contributed by atoms with E-state index in [0.29, 0.717) is 18.3 Å². The second kappa shape index (κ2) is 3.90. The summed E-state index contributed by atoms with van der Waals surface area (Å²) in [7, 11) is 0. The van der Waals surface area contributed by atoms with Crippen LogP contribution in [-0.4, -0.2) is 23.4 Å². The maximum atomic E-state index is 6.03. The van der Waals surface area contributed by atoms with E-state index in [9.17, 15) is 0 Å². The molecule has 0 aromatic carbocycles. The molecule has 5 heteroatoms. The molecule has 0 spiro atoms. The predicted molar refractivity (Wildman–Crippen MR) is 54.3 cm³/mol. The van der Waals surface area contributed by atoms with Gasteiger partial charge in [0.2, 0.25) is 5.89 Å². The quantitative estimate of drug-likeness (QED) is 0.812. The highest BCUT2D eigenvalue weighted by atomic mass is 16.5. The van der Waals surface area contributed by atoms with Gasteiger partial charge >= 0.3 is 0 Å². The Bertz CT molecular complexity index is 329. The molecular formula is C10H17N3O2. The third-order valence-corrected chi connectivity index (χ3v) is 2.97. The predicted octanol–water partition coefficient (Wildman–Crippen LogP) is 1.16. The third kappa shape index (κ3) is 2.03. The van der Waals surface area contributed by atoms with Gasteiger partial charge in [-0.3, -0.25) is 0 Å². The number of nitrogens with zero attached hydrogens (tertiary/aromatic N) is 2. The number of aromatic nitrogens is 2. The maximum absolute atomic E-state index is 6.03. The van der Waals surface area contributed by atoms with Gasteiger partial charge in [0.05, 0.1) is 18.1 Å². The average Bonchev–Trinajstić information content (AvgIpc) is 2.88. The van der Waals surface area contributed by atoms with E-state index in [4.69, 9.17) is 15.0 Å². The number of hydrogen-bond acceptors (Lipinski definition) is 5. The Kier molecular flexibility index (Phi) is 2.75. The van der Waals surface area contributed by atoms with Gasteiger partial charge in [0, 0.05) is 6.61 Å². The molecule has 0 amide bonds. The van der Waals surface area contributed by atoms with E-state index in [1.165, 1.54) is 0 Å². The van der Waals surface area contributed by atoms with Crippen LogP contribution in [0.5, 0.6) is 0 Å². The minimum absolute atomic E-state index is 0.249. The molecule has 2 unspecified atom stereocenters. The number of ether oxygens (including phenoxy) is 1. The Morgan fingerprint density at radius 2 is 2.40 bits per heavy atom. The van der Waals surface area contributed by atoms with Crippen LogP contribution < -0.4 is 5.73 Å². The van der Waals surface area contributed by atoms with Crippen LogP contribution in [-0.2, 0) is 10.3 Å². The third-order valence-electron chi connectivity index (χ3n) is 2.97. The Morgan fingerprint density at radius 1 is 1.60 bits per heavy atom. The van der Waals surface area contributed by atoms with Crippen molar-refractivity contribution in [3.8, 4) is 0 Å². The van der Waals surface area contributed by atoms with E-state index in [2.05, 4.69) is 10.1 Å². The smallest absolute Gasteiger partial charge is 0.232 e. The zero-order chi connectivity index (χ0) is 10.9. The van der Waals surface area contributed by atoms with Gasteiger partial charge in [-0.25, -0.2) is 0 Å². The SMILES string of the molecule is CCC(C)(N)c1noc(C2CCOC2)n1. The lowest BCUT2D eigenvalue weighted by atomic mass is 10.00. The minimum Gasteiger partial charge on any atom is -0.381 e. The van der Waals surface area contributed by atoms with Crippen LogP contribution in [0, 0.1) is 0 Å². The number of hydrogen-bond donors (Lipinski definition) is 1. The molecule has 1 aromatic rings. The van der Waals surface area contributed by atoms with Crippen LogP contribution in [0.2, 0.25) is 0 Å². The monoisotopic (exact) mass is 211 g/mol. The van der Waals surface area contributed by atoms with Gasteiger partial charge in [0.15, 0.2) is 5.82 Å². The minimum atomic E-state index is -0.499. The largest absolute Gasteiger partial charge is 0.381 e. The van der Waals surface area contributed by atoms with Crippen LogP contribution in [0.3, 0.4) is 0 Å². The van der Waals surface area contributed by atoms with Gasteiger partial charge in [0.1, 0.15) is 0 Å². The van der Waals surface area contributed by atoms with Crippen molar-refractivity contribution in [2.45, 2.75) is 38.1 Å². The van der Waals surface area contributed by atoms with Crippen LogP contribution in [0.15, 0.2) is 4.52 Å².